The number of aromatic nitrogens is 2. The highest BCUT2D eigenvalue weighted by Gasteiger charge is 2.33. The van der Waals surface area contributed by atoms with Crippen molar-refractivity contribution in [3.63, 3.8) is 0 Å². The van der Waals surface area contributed by atoms with Crippen molar-refractivity contribution in [2.45, 2.75) is 23.4 Å². The lowest BCUT2D eigenvalue weighted by atomic mass is 10.1. The molecule has 2 aromatic carbocycles. The number of alkyl halides is 3. The van der Waals surface area contributed by atoms with Crippen LogP contribution in [-0.4, -0.2) is 21.1 Å². The Labute approximate surface area is 164 Å². The Morgan fingerprint density at radius 2 is 1.71 bits per heavy atom. The lowest BCUT2D eigenvalue weighted by Crippen LogP contribution is -2.24. The van der Waals surface area contributed by atoms with Gasteiger partial charge < -0.3 is 5.32 Å². The summed E-state index contributed by atoms with van der Waals surface area (Å²) in [5, 5.41) is 2.26. The molecule has 1 N–H and O–H groups in total. The van der Waals surface area contributed by atoms with Gasteiger partial charge in [0.15, 0.2) is 0 Å². The van der Waals surface area contributed by atoms with E-state index in [1.165, 1.54) is 24.5 Å². The monoisotopic (exact) mass is 403 g/mol. The molecule has 1 aromatic heterocycles. The predicted octanol–water partition coefficient (Wildman–Crippen LogP) is 5.28. The molecule has 0 spiro atoms. The number of rotatable bonds is 5. The molecular formula is C20H16F3N3OS. The van der Waals surface area contributed by atoms with E-state index in [1.54, 1.807) is 13.0 Å². The van der Waals surface area contributed by atoms with Crippen molar-refractivity contribution in [1.29, 1.82) is 0 Å². The molecule has 144 valence electrons. The zero-order valence-corrected chi connectivity index (χ0v) is 15.6. The van der Waals surface area contributed by atoms with Gasteiger partial charge in [-0.2, -0.15) is 13.2 Å². The van der Waals surface area contributed by atoms with E-state index in [2.05, 4.69) is 15.3 Å². The topological polar surface area (TPSA) is 54.9 Å². The standard InChI is InChI=1S/C20H16F3N3OS/c1-13(19(27)26-16-10-6-5-9-15(16)20(21,22)23)28-18-11-17(24-12-25-18)14-7-3-2-4-8-14/h2-13H,1H3,(H,26,27)/t13-/m0/s1. The molecule has 0 bridgehead atoms. The molecule has 1 amide bonds. The Bertz CT molecular complexity index is 964. The van der Waals surface area contributed by atoms with Crippen molar-refractivity contribution in [2.24, 2.45) is 0 Å². The van der Waals surface area contributed by atoms with Crippen LogP contribution in [0, 0.1) is 0 Å². The van der Waals surface area contributed by atoms with Gasteiger partial charge >= 0.3 is 6.18 Å². The summed E-state index contributed by atoms with van der Waals surface area (Å²) in [6, 6.07) is 16.1. The fourth-order valence-corrected chi connectivity index (χ4v) is 3.29. The summed E-state index contributed by atoms with van der Waals surface area (Å²) in [6.45, 7) is 1.61. The van der Waals surface area contributed by atoms with Gasteiger partial charge in [-0.15, -0.1) is 0 Å². The van der Waals surface area contributed by atoms with Crippen LogP contribution in [-0.2, 0) is 11.0 Å². The molecule has 0 aliphatic rings. The number of halogens is 3. The van der Waals surface area contributed by atoms with E-state index in [4.69, 9.17) is 0 Å². The lowest BCUT2D eigenvalue weighted by molar-refractivity contribution is -0.137. The average Bonchev–Trinajstić information content (AvgIpc) is 2.68. The van der Waals surface area contributed by atoms with Crippen molar-refractivity contribution in [3.05, 3.63) is 72.6 Å². The van der Waals surface area contributed by atoms with Gasteiger partial charge in [0.2, 0.25) is 5.91 Å². The van der Waals surface area contributed by atoms with Crippen LogP contribution in [0.2, 0.25) is 0 Å². The number of hydrogen-bond acceptors (Lipinski definition) is 4. The molecule has 1 atom stereocenters. The molecule has 3 rings (SSSR count). The summed E-state index contributed by atoms with van der Waals surface area (Å²) in [6.07, 6.45) is -3.15. The van der Waals surface area contributed by atoms with Gasteiger partial charge in [-0.3, -0.25) is 4.79 Å². The number of hydrogen-bond donors (Lipinski definition) is 1. The summed E-state index contributed by atoms with van der Waals surface area (Å²) in [4.78, 5) is 20.8. The number of carbonyl (C=O) groups excluding carboxylic acids is 1. The number of amides is 1. The van der Waals surface area contributed by atoms with E-state index < -0.39 is 22.9 Å². The predicted molar refractivity (Wildman–Crippen MR) is 103 cm³/mol. The first-order chi connectivity index (χ1) is 13.3. The summed E-state index contributed by atoms with van der Waals surface area (Å²) in [7, 11) is 0. The molecule has 3 aromatic rings. The second-order valence-electron chi connectivity index (χ2n) is 5.90. The van der Waals surface area contributed by atoms with Crippen molar-refractivity contribution in [2.75, 3.05) is 5.32 Å². The van der Waals surface area contributed by atoms with Gasteiger partial charge in [-0.1, -0.05) is 54.2 Å². The third-order valence-electron chi connectivity index (χ3n) is 3.87. The highest BCUT2D eigenvalue weighted by molar-refractivity contribution is 8.00. The van der Waals surface area contributed by atoms with Crippen LogP contribution in [0.3, 0.4) is 0 Å². The Morgan fingerprint density at radius 3 is 2.43 bits per heavy atom. The minimum atomic E-state index is -4.54. The van der Waals surface area contributed by atoms with E-state index in [9.17, 15) is 18.0 Å². The number of benzene rings is 2. The van der Waals surface area contributed by atoms with Crippen LogP contribution in [0.4, 0.5) is 18.9 Å². The molecule has 0 unspecified atom stereocenters. The Balaban J connectivity index is 1.72. The second-order valence-corrected chi connectivity index (χ2v) is 7.26. The first-order valence-corrected chi connectivity index (χ1v) is 9.24. The van der Waals surface area contributed by atoms with Crippen LogP contribution in [0.25, 0.3) is 11.3 Å². The van der Waals surface area contributed by atoms with E-state index in [0.29, 0.717) is 10.7 Å². The lowest BCUT2D eigenvalue weighted by Gasteiger charge is -2.16. The Morgan fingerprint density at radius 1 is 1.04 bits per heavy atom. The number of anilines is 1. The molecule has 0 radical (unpaired) electrons. The Kier molecular flexibility index (Phi) is 5.99. The minimum Gasteiger partial charge on any atom is -0.325 e. The molecule has 0 aliphatic carbocycles. The van der Waals surface area contributed by atoms with Gasteiger partial charge in [0.25, 0.3) is 0 Å². The van der Waals surface area contributed by atoms with Crippen LogP contribution in [0.15, 0.2) is 72.0 Å². The van der Waals surface area contributed by atoms with Crippen molar-refractivity contribution in [3.8, 4) is 11.3 Å². The largest absolute Gasteiger partial charge is 0.418 e. The van der Waals surface area contributed by atoms with E-state index in [0.717, 1.165) is 23.4 Å². The molecule has 1 heterocycles. The van der Waals surface area contributed by atoms with Crippen LogP contribution < -0.4 is 5.32 Å². The number of nitrogens with zero attached hydrogens (tertiary/aromatic N) is 2. The highest BCUT2D eigenvalue weighted by atomic mass is 32.2. The van der Waals surface area contributed by atoms with Crippen molar-refractivity contribution in [1.82, 2.24) is 9.97 Å². The van der Waals surface area contributed by atoms with E-state index in [-0.39, 0.29) is 5.69 Å². The number of nitrogens with one attached hydrogen (secondary N) is 1. The van der Waals surface area contributed by atoms with Crippen molar-refractivity contribution >= 4 is 23.4 Å². The normalized spacial score (nSPS) is 12.4. The minimum absolute atomic E-state index is 0.264. The summed E-state index contributed by atoms with van der Waals surface area (Å²) >= 11 is 1.15. The summed E-state index contributed by atoms with van der Waals surface area (Å²) in [5.74, 6) is -0.540. The van der Waals surface area contributed by atoms with Gasteiger partial charge in [0, 0.05) is 5.56 Å². The third-order valence-corrected chi connectivity index (χ3v) is 4.90. The molecule has 4 nitrogen and oxygen atoms in total. The fraction of sp³-hybridized carbons (Fsp3) is 0.150. The molecule has 28 heavy (non-hydrogen) atoms. The van der Waals surface area contributed by atoms with Crippen LogP contribution >= 0.6 is 11.8 Å². The smallest absolute Gasteiger partial charge is 0.325 e. The maximum atomic E-state index is 13.1. The van der Waals surface area contributed by atoms with Crippen molar-refractivity contribution < 1.29 is 18.0 Å². The molecule has 0 aliphatic heterocycles. The number of para-hydroxylation sites is 1. The van der Waals surface area contributed by atoms with Gasteiger partial charge in [0.05, 0.1) is 22.2 Å². The maximum absolute atomic E-state index is 13.1. The van der Waals surface area contributed by atoms with Crippen LogP contribution in [0.5, 0.6) is 0 Å². The van der Waals surface area contributed by atoms with Crippen LogP contribution in [0.1, 0.15) is 12.5 Å². The first kappa shape index (κ1) is 19.9. The molecule has 0 fully saturated rings. The zero-order chi connectivity index (χ0) is 20.1. The summed E-state index contributed by atoms with van der Waals surface area (Å²) in [5.41, 5.74) is 0.463. The molecule has 0 saturated heterocycles. The van der Waals surface area contributed by atoms with E-state index >= 15 is 0 Å². The maximum Gasteiger partial charge on any atom is 0.418 e. The SMILES string of the molecule is C[C@H](Sc1cc(-c2ccccc2)ncn1)C(=O)Nc1ccccc1C(F)(F)F. The Hall–Kier alpha value is -2.87. The quantitative estimate of drug-likeness (QED) is 0.465. The number of carbonyl (C=O) groups is 1. The fourth-order valence-electron chi connectivity index (χ4n) is 2.48. The summed E-state index contributed by atoms with van der Waals surface area (Å²) < 4.78 is 39.2. The second kappa shape index (κ2) is 8.43. The molecular weight excluding hydrogens is 387 g/mol. The number of thioether (sulfide) groups is 1. The van der Waals surface area contributed by atoms with Gasteiger partial charge in [0.1, 0.15) is 11.4 Å². The highest BCUT2D eigenvalue weighted by Crippen LogP contribution is 2.35. The van der Waals surface area contributed by atoms with E-state index in [1.807, 2.05) is 30.3 Å². The molecule has 0 saturated carbocycles. The van der Waals surface area contributed by atoms with Gasteiger partial charge in [-0.25, -0.2) is 9.97 Å². The van der Waals surface area contributed by atoms with Gasteiger partial charge in [-0.05, 0) is 25.1 Å². The zero-order valence-electron chi connectivity index (χ0n) is 14.8. The third kappa shape index (κ3) is 4.89. The average molecular weight is 403 g/mol. The molecule has 8 heteroatoms. The first-order valence-electron chi connectivity index (χ1n) is 8.36.